The summed E-state index contributed by atoms with van der Waals surface area (Å²) in [5.74, 6) is -0.0244. The Balaban J connectivity index is 1.44. The Kier molecular flexibility index (Phi) is 9.14. The highest BCUT2D eigenvalue weighted by molar-refractivity contribution is 7.17. The molecule has 0 spiro atoms. The molecule has 1 N–H and O–H groups in total. The molecule has 1 fully saturated rings. The largest absolute Gasteiger partial charge is 0.465 e. The molecule has 1 aromatic heterocycles. The summed E-state index contributed by atoms with van der Waals surface area (Å²) in [6.45, 7) is 4.82. The lowest BCUT2D eigenvalue weighted by Crippen LogP contribution is -2.48. The van der Waals surface area contributed by atoms with Gasteiger partial charge in [0.25, 0.3) is 0 Å². The fraction of sp³-hybridized carbons (Fsp3) is 0.727. The van der Waals surface area contributed by atoms with Gasteiger partial charge in [-0.3, -0.25) is 9.69 Å². The number of alkyl halides is 3. The van der Waals surface area contributed by atoms with Crippen molar-refractivity contribution < 1.29 is 32.2 Å². The lowest BCUT2D eigenvalue weighted by Gasteiger charge is -2.34. The summed E-state index contributed by atoms with van der Waals surface area (Å²) < 4.78 is 45.9. The van der Waals surface area contributed by atoms with E-state index in [1.165, 1.54) is 18.4 Å². The van der Waals surface area contributed by atoms with Gasteiger partial charge in [0.05, 0.1) is 19.2 Å². The van der Waals surface area contributed by atoms with Crippen molar-refractivity contribution >= 4 is 28.2 Å². The predicted octanol–water partition coefficient (Wildman–Crippen LogP) is 3.18. The molecular weight excluding hydrogens is 459 g/mol. The molecule has 1 saturated heterocycles. The molecule has 2 heterocycles. The number of carbonyl (C=O) groups excluding carboxylic acids is 2. The average Bonchev–Trinajstić information content (AvgIpc) is 3.09. The van der Waals surface area contributed by atoms with Crippen molar-refractivity contribution in [1.29, 1.82) is 0 Å². The molecule has 1 aromatic rings. The number of nitrogens with one attached hydrogen (secondary N) is 1. The summed E-state index contributed by atoms with van der Waals surface area (Å²) >= 11 is 1.47. The Morgan fingerprint density at radius 3 is 2.55 bits per heavy atom. The van der Waals surface area contributed by atoms with Crippen molar-refractivity contribution in [3.05, 3.63) is 16.0 Å². The number of piperazine rings is 1. The number of nitrogens with zero attached hydrogens (tertiary/aromatic N) is 2. The van der Waals surface area contributed by atoms with E-state index >= 15 is 0 Å². The zero-order valence-corrected chi connectivity index (χ0v) is 19.9. The number of hydrogen-bond donors (Lipinski definition) is 1. The maximum absolute atomic E-state index is 12.7. The van der Waals surface area contributed by atoms with E-state index in [9.17, 15) is 22.8 Å². The molecule has 0 saturated carbocycles. The molecule has 1 aliphatic heterocycles. The van der Waals surface area contributed by atoms with Crippen LogP contribution in [0.3, 0.4) is 0 Å². The fourth-order valence-electron chi connectivity index (χ4n) is 4.28. The maximum Gasteiger partial charge on any atom is 0.411 e. The van der Waals surface area contributed by atoms with Crippen molar-refractivity contribution in [1.82, 2.24) is 9.80 Å². The van der Waals surface area contributed by atoms with Gasteiger partial charge in [0.1, 0.15) is 11.6 Å². The third-order valence-electron chi connectivity index (χ3n) is 6.02. The number of hydrogen-bond acceptors (Lipinski definition) is 7. The number of methoxy groups -OCH3 is 1. The van der Waals surface area contributed by atoms with Crippen LogP contribution >= 0.6 is 11.3 Å². The molecule has 186 valence electrons. The second-order valence-corrected chi connectivity index (χ2v) is 9.84. The molecule has 3 rings (SSSR count). The monoisotopic (exact) mass is 491 g/mol. The number of fused-ring (bicyclic) bond motifs is 1. The minimum absolute atomic E-state index is 0.0776. The molecule has 1 amide bonds. The van der Waals surface area contributed by atoms with Crippen LogP contribution in [0.15, 0.2) is 0 Å². The van der Waals surface area contributed by atoms with Crippen molar-refractivity contribution in [3.63, 3.8) is 0 Å². The van der Waals surface area contributed by atoms with Crippen LogP contribution in [0.5, 0.6) is 0 Å². The van der Waals surface area contributed by atoms with Gasteiger partial charge in [0.2, 0.25) is 5.91 Å². The number of amides is 1. The zero-order chi connectivity index (χ0) is 24.0. The predicted molar refractivity (Wildman–Crippen MR) is 120 cm³/mol. The Hall–Kier alpha value is -1.69. The van der Waals surface area contributed by atoms with E-state index < -0.39 is 18.8 Å². The molecule has 0 aromatic carbocycles. The van der Waals surface area contributed by atoms with Crippen LogP contribution in [-0.2, 0) is 27.1 Å². The van der Waals surface area contributed by atoms with Gasteiger partial charge >= 0.3 is 12.1 Å². The molecule has 33 heavy (non-hydrogen) atoms. The SMILES string of the molecule is COC(=O)c1c(NC(=O)CN2CCN(CCCOCC(F)(F)F)CC2)sc2c1CCC(C)C2. The topological polar surface area (TPSA) is 71.1 Å². The minimum Gasteiger partial charge on any atom is -0.465 e. The minimum atomic E-state index is -4.29. The first kappa shape index (κ1) is 25.9. The Morgan fingerprint density at radius 2 is 1.88 bits per heavy atom. The summed E-state index contributed by atoms with van der Waals surface area (Å²) in [6, 6.07) is 0. The third-order valence-corrected chi connectivity index (χ3v) is 7.18. The summed E-state index contributed by atoms with van der Waals surface area (Å²) in [5, 5.41) is 3.50. The van der Waals surface area contributed by atoms with Crippen molar-refractivity contribution in [2.45, 2.75) is 38.8 Å². The second kappa shape index (κ2) is 11.6. The number of anilines is 1. The lowest BCUT2D eigenvalue weighted by molar-refractivity contribution is -0.174. The van der Waals surface area contributed by atoms with Crippen LogP contribution < -0.4 is 5.32 Å². The van der Waals surface area contributed by atoms with Crippen LogP contribution in [0.1, 0.15) is 40.6 Å². The molecule has 1 atom stereocenters. The fourth-order valence-corrected chi connectivity index (χ4v) is 5.69. The molecule has 0 radical (unpaired) electrons. The van der Waals surface area contributed by atoms with Crippen LogP contribution in [0, 0.1) is 5.92 Å². The molecule has 2 aliphatic rings. The van der Waals surface area contributed by atoms with Gasteiger partial charge < -0.3 is 19.7 Å². The number of halogens is 3. The van der Waals surface area contributed by atoms with Crippen molar-refractivity contribution in [3.8, 4) is 0 Å². The van der Waals surface area contributed by atoms with E-state index in [2.05, 4.69) is 21.9 Å². The van der Waals surface area contributed by atoms with Gasteiger partial charge in [0, 0.05) is 44.2 Å². The molecule has 11 heteroatoms. The molecule has 0 bridgehead atoms. The smallest absolute Gasteiger partial charge is 0.411 e. The quantitative estimate of drug-likeness (QED) is 0.423. The molecular formula is C22H32F3N3O4S. The first-order chi connectivity index (χ1) is 15.7. The van der Waals surface area contributed by atoms with E-state index in [-0.39, 0.29) is 19.1 Å². The highest BCUT2D eigenvalue weighted by Crippen LogP contribution is 2.40. The average molecular weight is 492 g/mol. The number of ether oxygens (including phenoxy) is 2. The molecule has 7 nitrogen and oxygen atoms in total. The van der Waals surface area contributed by atoms with Gasteiger partial charge in [-0.15, -0.1) is 11.3 Å². The zero-order valence-electron chi connectivity index (χ0n) is 19.1. The Labute approximate surface area is 196 Å². The number of esters is 1. The molecule has 1 unspecified atom stereocenters. The second-order valence-electron chi connectivity index (χ2n) is 8.73. The Morgan fingerprint density at radius 1 is 1.18 bits per heavy atom. The van der Waals surface area contributed by atoms with Crippen molar-refractivity contribution in [2.75, 3.05) is 64.9 Å². The summed E-state index contributed by atoms with van der Waals surface area (Å²) in [6.07, 6.45) is -1.02. The van der Waals surface area contributed by atoms with Crippen LogP contribution in [0.2, 0.25) is 0 Å². The van der Waals surface area contributed by atoms with E-state index in [0.717, 1.165) is 42.8 Å². The van der Waals surface area contributed by atoms with E-state index in [0.29, 0.717) is 42.5 Å². The number of thiophene rings is 1. The summed E-state index contributed by atoms with van der Waals surface area (Å²) in [5.41, 5.74) is 1.50. The third kappa shape index (κ3) is 7.66. The van der Waals surface area contributed by atoms with E-state index in [1.807, 2.05) is 4.90 Å². The highest BCUT2D eigenvalue weighted by Gasteiger charge is 2.30. The first-order valence-corrected chi connectivity index (χ1v) is 12.1. The van der Waals surface area contributed by atoms with Crippen LogP contribution in [0.4, 0.5) is 18.2 Å². The highest BCUT2D eigenvalue weighted by atomic mass is 32.1. The van der Waals surface area contributed by atoms with E-state index in [1.54, 1.807) is 0 Å². The number of carbonyl (C=O) groups is 2. The van der Waals surface area contributed by atoms with Crippen LogP contribution in [0.25, 0.3) is 0 Å². The standard InChI is InChI=1S/C22H32F3N3O4S/c1-15-4-5-16-17(12-15)33-20(19(16)21(30)31-2)26-18(29)13-28-9-7-27(8-10-28)6-3-11-32-14-22(23,24)25/h15H,3-14H2,1-2H3,(H,26,29). The summed E-state index contributed by atoms with van der Waals surface area (Å²) in [4.78, 5) is 30.4. The van der Waals surface area contributed by atoms with Gasteiger partial charge in [-0.25, -0.2) is 4.79 Å². The normalized spacial score (nSPS) is 19.8. The van der Waals surface area contributed by atoms with Crippen LogP contribution in [-0.4, -0.2) is 87.4 Å². The number of rotatable bonds is 9. The van der Waals surface area contributed by atoms with Crippen molar-refractivity contribution in [2.24, 2.45) is 5.92 Å². The molecule has 1 aliphatic carbocycles. The Bertz CT molecular complexity index is 823. The van der Waals surface area contributed by atoms with Gasteiger partial charge in [-0.1, -0.05) is 6.92 Å². The van der Waals surface area contributed by atoms with Gasteiger partial charge in [0.15, 0.2) is 0 Å². The summed E-state index contributed by atoms with van der Waals surface area (Å²) in [7, 11) is 1.35. The maximum atomic E-state index is 12.7. The lowest BCUT2D eigenvalue weighted by atomic mass is 9.88. The van der Waals surface area contributed by atoms with Gasteiger partial charge in [-0.2, -0.15) is 13.2 Å². The van der Waals surface area contributed by atoms with E-state index in [4.69, 9.17) is 4.74 Å². The first-order valence-electron chi connectivity index (χ1n) is 11.3. The van der Waals surface area contributed by atoms with Gasteiger partial charge in [-0.05, 0) is 37.2 Å².